The maximum absolute atomic E-state index is 10.8. The lowest BCUT2D eigenvalue weighted by atomic mass is 9.40. The van der Waals surface area contributed by atoms with Crippen LogP contribution in [0.1, 0.15) is 19.3 Å². The molecule has 11 heavy (non-hydrogen) atoms. The fourth-order valence-electron chi connectivity index (χ4n) is 3.47. The highest BCUT2D eigenvalue weighted by Crippen LogP contribution is 2.65. The fraction of sp³-hybridized carbons (Fsp3) is 0.889. The van der Waals surface area contributed by atoms with E-state index in [1.807, 2.05) is 0 Å². The maximum atomic E-state index is 10.8. The molecule has 6 aliphatic rings. The van der Waals surface area contributed by atoms with Crippen molar-refractivity contribution in [2.75, 3.05) is 0 Å². The van der Waals surface area contributed by atoms with Gasteiger partial charge in [0.25, 0.3) is 0 Å². The number of hydrogen-bond acceptors (Lipinski definition) is 1. The third kappa shape index (κ3) is 0.534. The molecule has 0 aliphatic heterocycles. The first-order valence-electron chi connectivity index (χ1n) is 4.50. The van der Waals surface area contributed by atoms with Crippen LogP contribution < -0.4 is 0 Å². The number of carbonyl (C=O) groups is 1. The molecule has 2 unspecified atom stereocenters. The van der Waals surface area contributed by atoms with E-state index in [0.717, 1.165) is 11.8 Å². The van der Waals surface area contributed by atoms with Crippen LogP contribution in [0.5, 0.6) is 0 Å². The van der Waals surface area contributed by atoms with Gasteiger partial charge in [0.2, 0.25) is 0 Å². The highest BCUT2D eigenvalue weighted by molar-refractivity contribution is 5.72. The van der Waals surface area contributed by atoms with E-state index in [0.29, 0.717) is 11.8 Å². The molecular formula is C9H12O2. The van der Waals surface area contributed by atoms with Crippen LogP contribution in [0.3, 0.4) is 0 Å². The summed E-state index contributed by atoms with van der Waals surface area (Å²) in [5.74, 6) is 2.27. The summed E-state index contributed by atoms with van der Waals surface area (Å²) in [7, 11) is 0. The van der Waals surface area contributed by atoms with Crippen LogP contribution in [-0.2, 0) is 4.79 Å². The summed E-state index contributed by atoms with van der Waals surface area (Å²) in [4.78, 5) is 10.8. The minimum atomic E-state index is -0.527. The number of rotatable bonds is 1. The van der Waals surface area contributed by atoms with Gasteiger partial charge < -0.3 is 5.11 Å². The largest absolute Gasteiger partial charge is 0.481 e. The summed E-state index contributed by atoms with van der Waals surface area (Å²) < 4.78 is 0. The summed E-state index contributed by atoms with van der Waals surface area (Å²) in [6.07, 6.45) is 3.92. The molecule has 0 radical (unpaired) electrons. The zero-order valence-corrected chi connectivity index (χ0v) is 6.36. The molecule has 6 saturated carbocycles. The molecular weight excluding hydrogens is 140 g/mol. The molecule has 0 aromatic rings. The molecule has 2 nitrogen and oxygen atoms in total. The Balaban J connectivity index is 1.87. The molecule has 2 atom stereocenters. The van der Waals surface area contributed by atoms with E-state index in [-0.39, 0.29) is 5.92 Å². The van der Waals surface area contributed by atoms with E-state index in [1.165, 1.54) is 19.3 Å². The Labute approximate surface area is 65.6 Å². The Morgan fingerprint density at radius 1 is 1.09 bits per heavy atom. The van der Waals surface area contributed by atoms with Crippen molar-refractivity contribution in [1.82, 2.24) is 0 Å². The lowest BCUT2D eigenvalue weighted by molar-refractivity contribution is -0.189. The monoisotopic (exact) mass is 152 g/mol. The lowest BCUT2D eigenvalue weighted by Crippen LogP contribution is -2.60. The second-order valence-corrected chi connectivity index (χ2v) is 4.42. The van der Waals surface area contributed by atoms with Gasteiger partial charge in [0.05, 0.1) is 5.92 Å². The molecule has 2 heteroatoms. The molecule has 0 amide bonds. The highest BCUT2D eigenvalue weighted by Gasteiger charge is 2.62. The van der Waals surface area contributed by atoms with Crippen LogP contribution >= 0.6 is 0 Å². The number of hydrogen-bond donors (Lipinski definition) is 1. The second-order valence-electron chi connectivity index (χ2n) is 4.42. The average molecular weight is 152 g/mol. The molecule has 6 rings (SSSR count). The lowest BCUT2D eigenvalue weighted by Gasteiger charge is -2.63. The first-order valence-corrected chi connectivity index (χ1v) is 4.50. The SMILES string of the molecule is O=C(O)C1C2CC1C1CC2C1. The van der Waals surface area contributed by atoms with Crippen molar-refractivity contribution in [3.8, 4) is 0 Å². The summed E-state index contributed by atoms with van der Waals surface area (Å²) in [6.45, 7) is 0. The van der Waals surface area contributed by atoms with E-state index in [4.69, 9.17) is 5.11 Å². The molecule has 0 heterocycles. The smallest absolute Gasteiger partial charge is 0.307 e. The Morgan fingerprint density at radius 2 is 1.64 bits per heavy atom. The van der Waals surface area contributed by atoms with Crippen LogP contribution in [0, 0.1) is 29.6 Å². The first kappa shape index (κ1) is 6.04. The van der Waals surface area contributed by atoms with E-state index >= 15 is 0 Å². The molecule has 6 fully saturated rings. The topological polar surface area (TPSA) is 37.3 Å². The van der Waals surface area contributed by atoms with Crippen molar-refractivity contribution >= 4 is 5.97 Å². The fourth-order valence-corrected chi connectivity index (χ4v) is 3.47. The van der Waals surface area contributed by atoms with Crippen molar-refractivity contribution in [1.29, 1.82) is 0 Å². The third-order valence-corrected chi connectivity index (χ3v) is 4.17. The molecule has 0 aromatic heterocycles. The van der Waals surface area contributed by atoms with Gasteiger partial charge in [-0.3, -0.25) is 4.79 Å². The maximum Gasteiger partial charge on any atom is 0.307 e. The van der Waals surface area contributed by atoms with Crippen molar-refractivity contribution in [3.05, 3.63) is 0 Å². The van der Waals surface area contributed by atoms with Gasteiger partial charge in [0.15, 0.2) is 0 Å². The van der Waals surface area contributed by atoms with Crippen molar-refractivity contribution < 1.29 is 9.90 Å². The third-order valence-electron chi connectivity index (χ3n) is 4.17. The predicted molar refractivity (Wildman–Crippen MR) is 38.9 cm³/mol. The van der Waals surface area contributed by atoms with E-state index in [1.54, 1.807) is 0 Å². The van der Waals surface area contributed by atoms with Gasteiger partial charge in [-0.05, 0) is 42.9 Å². The zero-order valence-electron chi connectivity index (χ0n) is 6.36. The van der Waals surface area contributed by atoms with Gasteiger partial charge in [0, 0.05) is 0 Å². The number of aliphatic carboxylic acids is 1. The predicted octanol–water partition coefficient (Wildman–Crippen LogP) is 1.36. The van der Waals surface area contributed by atoms with Crippen LogP contribution in [0.4, 0.5) is 0 Å². The number of carboxylic acids is 1. The van der Waals surface area contributed by atoms with Crippen LogP contribution in [0.2, 0.25) is 0 Å². The Bertz CT molecular complexity index is 204. The van der Waals surface area contributed by atoms with Crippen molar-refractivity contribution in [3.63, 3.8) is 0 Å². The minimum absolute atomic E-state index is 0.0625. The average Bonchev–Trinajstić information content (AvgIpc) is 1.82. The van der Waals surface area contributed by atoms with Gasteiger partial charge in [-0.25, -0.2) is 0 Å². The first-order chi connectivity index (χ1) is 5.27. The molecule has 6 aliphatic carbocycles. The van der Waals surface area contributed by atoms with Gasteiger partial charge in [-0.1, -0.05) is 0 Å². The van der Waals surface area contributed by atoms with Gasteiger partial charge in [-0.15, -0.1) is 0 Å². The molecule has 0 aromatic carbocycles. The van der Waals surface area contributed by atoms with E-state index in [9.17, 15) is 4.79 Å². The number of carboxylic acid groups (broad SMARTS) is 1. The Hall–Kier alpha value is -0.530. The second kappa shape index (κ2) is 1.62. The van der Waals surface area contributed by atoms with E-state index in [2.05, 4.69) is 0 Å². The van der Waals surface area contributed by atoms with Crippen LogP contribution in [-0.4, -0.2) is 11.1 Å². The summed E-state index contributed by atoms with van der Waals surface area (Å²) in [5.41, 5.74) is 0. The zero-order chi connectivity index (χ0) is 7.59. The molecule has 1 N–H and O–H groups in total. The van der Waals surface area contributed by atoms with E-state index < -0.39 is 5.97 Å². The van der Waals surface area contributed by atoms with Gasteiger partial charge in [-0.2, -0.15) is 0 Å². The van der Waals surface area contributed by atoms with Gasteiger partial charge in [0.1, 0.15) is 0 Å². The molecule has 4 bridgehead atoms. The van der Waals surface area contributed by atoms with Crippen LogP contribution in [0.15, 0.2) is 0 Å². The quantitative estimate of drug-likeness (QED) is 0.616. The van der Waals surface area contributed by atoms with Gasteiger partial charge >= 0.3 is 5.97 Å². The summed E-state index contributed by atoms with van der Waals surface area (Å²) in [5, 5.41) is 8.88. The summed E-state index contributed by atoms with van der Waals surface area (Å²) in [6, 6.07) is 0. The normalized spacial score (nSPS) is 57.6. The molecule has 0 saturated heterocycles. The Kier molecular flexibility index (Phi) is 0.890. The van der Waals surface area contributed by atoms with Crippen molar-refractivity contribution in [2.45, 2.75) is 19.3 Å². The minimum Gasteiger partial charge on any atom is -0.481 e. The highest BCUT2D eigenvalue weighted by atomic mass is 16.4. The molecule has 0 spiro atoms. The van der Waals surface area contributed by atoms with Crippen LogP contribution in [0.25, 0.3) is 0 Å². The molecule has 60 valence electrons. The summed E-state index contributed by atoms with van der Waals surface area (Å²) >= 11 is 0. The van der Waals surface area contributed by atoms with Crippen molar-refractivity contribution in [2.24, 2.45) is 29.6 Å². The Morgan fingerprint density at radius 3 is 1.91 bits per heavy atom. The standard InChI is InChI=1S/C9H12O2/c10-9(11)8-6-3-7(8)5-1-4(6)2-5/h4-8H,1-3H2,(H,10,11).